The lowest BCUT2D eigenvalue weighted by Gasteiger charge is -2.15. The molecule has 0 radical (unpaired) electrons. The van der Waals surface area contributed by atoms with Crippen LogP contribution in [0, 0.1) is 11.3 Å². The van der Waals surface area contributed by atoms with Crippen molar-refractivity contribution in [2.24, 2.45) is 11.3 Å². The maximum absolute atomic E-state index is 5.72. The van der Waals surface area contributed by atoms with Crippen molar-refractivity contribution in [2.45, 2.75) is 33.2 Å². The molecule has 4 heteroatoms. The summed E-state index contributed by atoms with van der Waals surface area (Å²) in [5.41, 5.74) is 0.475. The second-order valence-electron chi connectivity index (χ2n) is 4.94. The van der Waals surface area contributed by atoms with E-state index in [1.807, 2.05) is 6.07 Å². The molecule has 1 aliphatic carbocycles. The van der Waals surface area contributed by atoms with Gasteiger partial charge in [-0.05, 0) is 42.3 Å². The number of anilines is 1. The van der Waals surface area contributed by atoms with E-state index >= 15 is 0 Å². The third-order valence-corrected chi connectivity index (χ3v) is 3.38. The first-order valence-corrected chi connectivity index (χ1v) is 5.62. The van der Waals surface area contributed by atoms with Crippen LogP contribution < -0.4 is 5.32 Å². The zero-order valence-electron chi connectivity index (χ0n) is 9.29. The molecule has 0 spiro atoms. The average Bonchev–Trinajstić information content (AvgIpc) is 2.75. The summed E-state index contributed by atoms with van der Waals surface area (Å²) in [6.45, 7) is 6.78. The van der Waals surface area contributed by atoms with Gasteiger partial charge >= 0.3 is 0 Å². The molecule has 1 aromatic heterocycles. The summed E-state index contributed by atoms with van der Waals surface area (Å²) in [6.07, 6.45) is 2.95. The number of hydrogen-bond acceptors (Lipinski definition) is 3. The van der Waals surface area contributed by atoms with Crippen molar-refractivity contribution in [3.8, 4) is 0 Å². The molecule has 3 nitrogen and oxygen atoms in total. The summed E-state index contributed by atoms with van der Waals surface area (Å²) in [7, 11) is 0. The molecule has 1 N–H and O–H groups in total. The number of halogens is 1. The second-order valence-corrected chi connectivity index (χ2v) is 5.28. The fourth-order valence-electron chi connectivity index (χ4n) is 2.11. The number of rotatable bonds is 3. The minimum Gasteiger partial charge on any atom is -0.367 e. The highest BCUT2D eigenvalue weighted by atomic mass is 35.5. The van der Waals surface area contributed by atoms with Gasteiger partial charge in [0, 0.05) is 12.2 Å². The van der Waals surface area contributed by atoms with Crippen LogP contribution in [0.2, 0.25) is 5.28 Å². The zero-order valence-corrected chi connectivity index (χ0v) is 10.0. The third kappa shape index (κ3) is 2.40. The van der Waals surface area contributed by atoms with Gasteiger partial charge in [0.1, 0.15) is 5.82 Å². The molecule has 1 fully saturated rings. The molecule has 0 aromatic carbocycles. The Labute approximate surface area is 95.3 Å². The number of aromatic nitrogens is 2. The second kappa shape index (κ2) is 3.63. The molecule has 2 unspecified atom stereocenters. The summed E-state index contributed by atoms with van der Waals surface area (Å²) < 4.78 is 0. The molecule has 1 heterocycles. The first-order valence-electron chi connectivity index (χ1n) is 5.24. The van der Waals surface area contributed by atoms with E-state index in [9.17, 15) is 0 Å². The average molecular weight is 226 g/mol. The highest BCUT2D eigenvalue weighted by Gasteiger charge is 2.48. The zero-order chi connectivity index (χ0) is 11.1. The highest BCUT2D eigenvalue weighted by molar-refractivity contribution is 6.28. The monoisotopic (exact) mass is 225 g/mol. The van der Waals surface area contributed by atoms with Crippen LogP contribution in [0.1, 0.15) is 27.2 Å². The quantitative estimate of drug-likeness (QED) is 0.804. The Morgan fingerprint density at radius 1 is 1.60 bits per heavy atom. The van der Waals surface area contributed by atoms with Crippen LogP contribution in [-0.4, -0.2) is 16.0 Å². The van der Waals surface area contributed by atoms with E-state index in [1.165, 1.54) is 6.42 Å². The first kappa shape index (κ1) is 10.7. The topological polar surface area (TPSA) is 37.8 Å². The molecule has 82 valence electrons. The van der Waals surface area contributed by atoms with E-state index < -0.39 is 0 Å². The maximum Gasteiger partial charge on any atom is 0.224 e. The standard InChI is InChI=1S/C11H16ClN3/c1-7(8-6-11(8,2)3)14-9-4-5-13-10(12)15-9/h4-5,7-8H,6H2,1-3H3,(H,13,14,15). The van der Waals surface area contributed by atoms with Crippen molar-refractivity contribution in [3.05, 3.63) is 17.5 Å². The van der Waals surface area contributed by atoms with Crippen molar-refractivity contribution in [1.82, 2.24) is 9.97 Å². The number of nitrogens with zero attached hydrogens (tertiary/aromatic N) is 2. The molecular formula is C11H16ClN3. The Balaban J connectivity index is 1.98. The molecule has 0 saturated heterocycles. The van der Waals surface area contributed by atoms with E-state index in [1.54, 1.807) is 6.20 Å². The number of nitrogens with one attached hydrogen (secondary N) is 1. The van der Waals surface area contributed by atoms with Crippen molar-refractivity contribution < 1.29 is 0 Å². The van der Waals surface area contributed by atoms with Crippen LogP contribution in [0.5, 0.6) is 0 Å². The van der Waals surface area contributed by atoms with E-state index in [2.05, 4.69) is 36.1 Å². The van der Waals surface area contributed by atoms with E-state index in [4.69, 9.17) is 11.6 Å². The Bertz CT molecular complexity index is 365. The summed E-state index contributed by atoms with van der Waals surface area (Å²) in [5.74, 6) is 1.54. The van der Waals surface area contributed by atoms with Crippen LogP contribution in [0.4, 0.5) is 5.82 Å². The van der Waals surface area contributed by atoms with Crippen LogP contribution in [0.15, 0.2) is 12.3 Å². The van der Waals surface area contributed by atoms with Gasteiger partial charge in [0.25, 0.3) is 0 Å². The highest BCUT2D eigenvalue weighted by Crippen LogP contribution is 2.53. The minimum atomic E-state index is 0.294. The Kier molecular flexibility index (Phi) is 2.59. The van der Waals surface area contributed by atoms with Gasteiger partial charge in [0.05, 0.1) is 0 Å². The van der Waals surface area contributed by atoms with Gasteiger partial charge in [-0.2, -0.15) is 0 Å². The summed E-state index contributed by atoms with van der Waals surface area (Å²) in [4.78, 5) is 7.96. The fraction of sp³-hybridized carbons (Fsp3) is 0.636. The summed E-state index contributed by atoms with van der Waals surface area (Å²) >= 11 is 5.72. The molecule has 0 bridgehead atoms. The fourth-order valence-corrected chi connectivity index (χ4v) is 2.26. The predicted molar refractivity (Wildman–Crippen MR) is 62.0 cm³/mol. The van der Waals surface area contributed by atoms with Gasteiger partial charge in [0.2, 0.25) is 5.28 Å². The van der Waals surface area contributed by atoms with Crippen LogP contribution in [-0.2, 0) is 0 Å². The molecule has 2 rings (SSSR count). The molecule has 0 amide bonds. The lowest BCUT2D eigenvalue weighted by molar-refractivity contribution is 0.518. The predicted octanol–water partition coefficient (Wildman–Crippen LogP) is 2.98. The largest absolute Gasteiger partial charge is 0.367 e. The Morgan fingerprint density at radius 2 is 2.27 bits per heavy atom. The van der Waals surface area contributed by atoms with Gasteiger partial charge in [-0.25, -0.2) is 9.97 Å². The SMILES string of the molecule is CC(Nc1ccnc(Cl)n1)C1CC1(C)C. The summed E-state index contributed by atoms with van der Waals surface area (Å²) in [5, 5.41) is 3.66. The molecule has 2 atom stereocenters. The Hall–Kier alpha value is -0.830. The molecule has 15 heavy (non-hydrogen) atoms. The number of hydrogen-bond donors (Lipinski definition) is 1. The van der Waals surface area contributed by atoms with Crippen LogP contribution >= 0.6 is 11.6 Å². The van der Waals surface area contributed by atoms with Crippen LogP contribution in [0.25, 0.3) is 0 Å². The van der Waals surface area contributed by atoms with Crippen molar-refractivity contribution in [3.63, 3.8) is 0 Å². The first-order chi connectivity index (χ1) is 6.99. The molecule has 1 aliphatic rings. The molecule has 0 aliphatic heterocycles. The normalized spacial score (nSPS) is 24.7. The van der Waals surface area contributed by atoms with Crippen LogP contribution in [0.3, 0.4) is 0 Å². The van der Waals surface area contributed by atoms with Gasteiger partial charge in [-0.3, -0.25) is 0 Å². The van der Waals surface area contributed by atoms with Crippen molar-refractivity contribution in [2.75, 3.05) is 5.32 Å². The van der Waals surface area contributed by atoms with E-state index in [0.29, 0.717) is 16.7 Å². The van der Waals surface area contributed by atoms with Gasteiger partial charge in [-0.1, -0.05) is 13.8 Å². The maximum atomic E-state index is 5.72. The van der Waals surface area contributed by atoms with Gasteiger partial charge < -0.3 is 5.32 Å². The van der Waals surface area contributed by atoms with Gasteiger partial charge in [0.15, 0.2) is 0 Å². The van der Waals surface area contributed by atoms with E-state index in [0.717, 1.165) is 11.7 Å². The molecular weight excluding hydrogens is 210 g/mol. The van der Waals surface area contributed by atoms with Crippen molar-refractivity contribution in [1.29, 1.82) is 0 Å². The molecule has 1 aromatic rings. The molecule has 1 saturated carbocycles. The minimum absolute atomic E-state index is 0.294. The lowest BCUT2D eigenvalue weighted by Crippen LogP contribution is -2.20. The lowest BCUT2D eigenvalue weighted by atomic mass is 10.1. The van der Waals surface area contributed by atoms with Gasteiger partial charge in [-0.15, -0.1) is 0 Å². The summed E-state index contributed by atoms with van der Waals surface area (Å²) in [6, 6.07) is 2.28. The van der Waals surface area contributed by atoms with Crippen molar-refractivity contribution >= 4 is 17.4 Å². The smallest absolute Gasteiger partial charge is 0.224 e. The third-order valence-electron chi connectivity index (χ3n) is 3.19. The Morgan fingerprint density at radius 3 is 2.80 bits per heavy atom. The van der Waals surface area contributed by atoms with E-state index in [-0.39, 0.29) is 0 Å².